The molecule has 2 heterocycles. The van der Waals surface area contributed by atoms with E-state index in [4.69, 9.17) is 20.4 Å². The van der Waals surface area contributed by atoms with Crippen molar-refractivity contribution in [2.75, 3.05) is 13.1 Å². The van der Waals surface area contributed by atoms with Crippen LogP contribution in [0.1, 0.15) is 25.7 Å². The van der Waals surface area contributed by atoms with Gasteiger partial charge < -0.3 is 31.1 Å². The smallest absolute Gasteiger partial charge is 0.335 e. The molecule has 0 aromatic heterocycles. The van der Waals surface area contributed by atoms with E-state index in [0.717, 1.165) is 12.1 Å². The lowest BCUT2D eigenvalue weighted by molar-refractivity contribution is -0.165. The zero-order chi connectivity index (χ0) is 15.1. The standard InChI is InChI=1S/C8H16N2.C4H6O6/c1-3-7(9-5-1)8-4-2-6-10-8;5-1(3(7)8)2(6)4(9)10/h7-10H,1-6H2;1-2,5-6H,(H,7,8)(H,9,10)/t7-,8-;/m0./s1. The lowest BCUT2D eigenvalue weighted by Crippen LogP contribution is -2.40. The van der Waals surface area contributed by atoms with E-state index < -0.39 is 24.1 Å². The molecular weight excluding hydrogens is 268 g/mol. The number of carbonyl (C=O) groups is 2. The molecular formula is C12H22N2O6. The quantitative estimate of drug-likeness (QED) is 0.363. The fourth-order valence-electron chi connectivity index (χ4n) is 2.38. The second-order valence-corrected chi connectivity index (χ2v) is 4.97. The fourth-order valence-corrected chi connectivity index (χ4v) is 2.38. The molecule has 2 unspecified atom stereocenters. The van der Waals surface area contributed by atoms with Gasteiger partial charge in [-0.15, -0.1) is 0 Å². The van der Waals surface area contributed by atoms with E-state index in [1.807, 2.05) is 0 Å². The third-order valence-corrected chi connectivity index (χ3v) is 3.49. The summed E-state index contributed by atoms with van der Waals surface area (Å²) >= 11 is 0. The first-order valence-electron chi connectivity index (χ1n) is 6.72. The largest absolute Gasteiger partial charge is 0.479 e. The van der Waals surface area contributed by atoms with Gasteiger partial charge in [-0.2, -0.15) is 0 Å². The Morgan fingerprint density at radius 2 is 1.20 bits per heavy atom. The molecule has 8 heteroatoms. The Hall–Kier alpha value is -1.22. The molecule has 0 bridgehead atoms. The molecule has 0 spiro atoms. The van der Waals surface area contributed by atoms with Crippen molar-refractivity contribution in [3.63, 3.8) is 0 Å². The second-order valence-electron chi connectivity index (χ2n) is 4.97. The van der Waals surface area contributed by atoms with Crippen molar-refractivity contribution in [1.29, 1.82) is 0 Å². The van der Waals surface area contributed by atoms with Crippen LogP contribution in [0.15, 0.2) is 0 Å². The van der Waals surface area contributed by atoms with Crippen LogP contribution in [0, 0.1) is 0 Å². The first-order valence-corrected chi connectivity index (χ1v) is 6.72. The average Bonchev–Trinajstić information content (AvgIpc) is 3.08. The van der Waals surface area contributed by atoms with E-state index in [9.17, 15) is 9.59 Å². The maximum absolute atomic E-state index is 9.77. The predicted molar refractivity (Wildman–Crippen MR) is 69.3 cm³/mol. The summed E-state index contributed by atoms with van der Waals surface area (Å²) in [5.41, 5.74) is 0. The number of aliphatic hydroxyl groups is 2. The molecule has 0 radical (unpaired) electrons. The summed E-state index contributed by atoms with van der Waals surface area (Å²) in [7, 11) is 0. The minimum atomic E-state index is -2.27. The van der Waals surface area contributed by atoms with Crippen LogP contribution in [0.3, 0.4) is 0 Å². The Bertz CT molecular complexity index is 294. The molecule has 2 aliphatic heterocycles. The molecule has 0 aromatic rings. The molecule has 0 aliphatic carbocycles. The highest BCUT2D eigenvalue weighted by Gasteiger charge is 2.29. The van der Waals surface area contributed by atoms with Gasteiger partial charge in [0.25, 0.3) is 0 Å². The van der Waals surface area contributed by atoms with E-state index in [-0.39, 0.29) is 0 Å². The molecule has 2 fully saturated rings. The Kier molecular flexibility index (Phi) is 6.86. The van der Waals surface area contributed by atoms with Crippen molar-refractivity contribution in [3.8, 4) is 0 Å². The van der Waals surface area contributed by atoms with E-state index >= 15 is 0 Å². The minimum Gasteiger partial charge on any atom is -0.479 e. The SMILES string of the molecule is C1CN[C@H]([C@@H]2CCCN2)C1.O=C(O)C(O)C(O)C(=O)O. The van der Waals surface area contributed by atoms with Gasteiger partial charge in [0, 0.05) is 12.1 Å². The second kappa shape index (κ2) is 8.15. The van der Waals surface area contributed by atoms with Gasteiger partial charge in [-0.3, -0.25) is 0 Å². The molecule has 2 aliphatic rings. The highest BCUT2D eigenvalue weighted by Crippen LogP contribution is 2.16. The number of aliphatic carboxylic acids is 2. The summed E-state index contributed by atoms with van der Waals surface area (Å²) in [5.74, 6) is -3.54. The van der Waals surface area contributed by atoms with Gasteiger partial charge in [-0.05, 0) is 38.8 Å². The van der Waals surface area contributed by atoms with E-state index in [2.05, 4.69) is 10.6 Å². The first-order chi connectivity index (χ1) is 9.43. The Morgan fingerprint density at radius 1 is 0.850 bits per heavy atom. The summed E-state index contributed by atoms with van der Waals surface area (Å²) in [5, 5.41) is 39.6. The number of carboxylic acid groups (broad SMARTS) is 2. The summed E-state index contributed by atoms with van der Waals surface area (Å²) < 4.78 is 0. The minimum absolute atomic E-state index is 0.794. The van der Waals surface area contributed by atoms with Gasteiger partial charge >= 0.3 is 11.9 Å². The summed E-state index contributed by atoms with van der Waals surface area (Å²) in [6.45, 7) is 2.48. The lowest BCUT2D eigenvalue weighted by Gasteiger charge is -2.17. The van der Waals surface area contributed by atoms with Crippen LogP contribution in [0.2, 0.25) is 0 Å². The number of hydrogen-bond donors (Lipinski definition) is 6. The zero-order valence-corrected chi connectivity index (χ0v) is 11.2. The molecule has 20 heavy (non-hydrogen) atoms. The summed E-state index contributed by atoms with van der Waals surface area (Å²) in [6, 6.07) is 1.59. The Labute approximate surface area is 116 Å². The van der Waals surface area contributed by atoms with Crippen LogP contribution in [-0.4, -0.2) is 69.7 Å². The van der Waals surface area contributed by atoms with Crippen molar-refractivity contribution in [1.82, 2.24) is 10.6 Å². The van der Waals surface area contributed by atoms with Crippen molar-refractivity contribution in [3.05, 3.63) is 0 Å². The van der Waals surface area contributed by atoms with Crippen molar-refractivity contribution < 1.29 is 30.0 Å². The molecule has 0 aromatic carbocycles. The monoisotopic (exact) mass is 290 g/mol. The predicted octanol–water partition coefficient (Wildman–Crippen LogP) is -1.63. The molecule has 8 nitrogen and oxygen atoms in total. The van der Waals surface area contributed by atoms with E-state index in [1.54, 1.807) is 0 Å². The van der Waals surface area contributed by atoms with Crippen LogP contribution in [-0.2, 0) is 9.59 Å². The third-order valence-electron chi connectivity index (χ3n) is 3.49. The number of carboxylic acids is 2. The van der Waals surface area contributed by atoms with Crippen LogP contribution < -0.4 is 10.6 Å². The van der Waals surface area contributed by atoms with Crippen LogP contribution in [0.4, 0.5) is 0 Å². The molecule has 0 saturated carbocycles. The average molecular weight is 290 g/mol. The van der Waals surface area contributed by atoms with Crippen LogP contribution in [0.25, 0.3) is 0 Å². The van der Waals surface area contributed by atoms with Crippen molar-refractivity contribution >= 4 is 11.9 Å². The Morgan fingerprint density at radius 3 is 1.40 bits per heavy atom. The third kappa shape index (κ3) is 5.04. The van der Waals surface area contributed by atoms with Crippen LogP contribution in [0.5, 0.6) is 0 Å². The van der Waals surface area contributed by atoms with Gasteiger partial charge in [-0.1, -0.05) is 0 Å². The van der Waals surface area contributed by atoms with E-state index in [1.165, 1.54) is 38.8 Å². The van der Waals surface area contributed by atoms with Gasteiger partial charge in [-0.25, -0.2) is 9.59 Å². The Balaban J connectivity index is 0.000000200. The van der Waals surface area contributed by atoms with E-state index in [0.29, 0.717) is 0 Å². The van der Waals surface area contributed by atoms with Gasteiger partial charge in [0.1, 0.15) is 0 Å². The number of hydrogen-bond acceptors (Lipinski definition) is 6. The molecule has 116 valence electrons. The van der Waals surface area contributed by atoms with Gasteiger partial charge in [0.2, 0.25) is 0 Å². The van der Waals surface area contributed by atoms with Crippen molar-refractivity contribution in [2.24, 2.45) is 0 Å². The molecule has 6 N–H and O–H groups in total. The zero-order valence-electron chi connectivity index (χ0n) is 11.2. The normalized spacial score (nSPS) is 28.3. The molecule has 2 saturated heterocycles. The summed E-state index contributed by atoms with van der Waals surface area (Å²) in [4.78, 5) is 19.5. The number of nitrogens with one attached hydrogen (secondary N) is 2. The maximum atomic E-state index is 9.77. The maximum Gasteiger partial charge on any atom is 0.335 e. The fraction of sp³-hybridized carbons (Fsp3) is 0.833. The first kappa shape index (κ1) is 16.8. The van der Waals surface area contributed by atoms with Crippen LogP contribution >= 0.6 is 0 Å². The lowest BCUT2D eigenvalue weighted by atomic mass is 10.1. The van der Waals surface area contributed by atoms with Crippen molar-refractivity contribution in [2.45, 2.75) is 50.0 Å². The summed E-state index contributed by atoms with van der Waals surface area (Å²) in [6.07, 6.45) is 0.996. The highest BCUT2D eigenvalue weighted by molar-refractivity contribution is 5.83. The van der Waals surface area contributed by atoms with Gasteiger partial charge in [0.05, 0.1) is 0 Å². The number of aliphatic hydroxyl groups excluding tert-OH is 2. The topological polar surface area (TPSA) is 139 Å². The molecule has 2 rings (SSSR count). The van der Waals surface area contributed by atoms with Gasteiger partial charge in [0.15, 0.2) is 12.2 Å². The number of rotatable bonds is 4. The molecule has 4 atom stereocenters. The molecule has 0 amide bonds. The highest BCUT2D eigenvalue weighted by atomic mass is 16.4.